The third-order valence-corrected chi connectivity index (χ3v) is 3.16. The smallest absolute Gasteiger partial charge is 0.144 e. The lowest BCUT2D eigenvalue weighted by Crippen LogP contribution is -2.04. The van der Waals surface area contributed by atoms with E-state index in [1.807, 2.05) is 25.1 Å². The molecule has 0 aliphatic heterocycles. The van der Waals surface area contributed by atoms with Crippen LogP contribution in [0.25, 0.3) is 0 Å². The predicted molar refractivity (Wildman–Crippen MR) is 73.7 cm³/mol. The average molecular weight is 248 g/mol. The monoisotopic (exact) mass is 248 g/mol. The molecule has 0 unspecified atom stereocenters. The zero-order valence-corrected chi connectivity index (χ0v) is 10.6. The number of anilines is 2. The average Bonchev–Trinajstić information content (AvgIpc) is 2.83. The first kappa shape index (κ1) is 11.8. The number of nitrogens with one attached hydrogen (secondary N) is 1. The molecular weight excluding hydrogens is 232 g/mol. The molecule has 0 bridgehead atoms. The Morgan fingerprint density at radius 1 is 1.35 bits per heavy atom. The molecule has 0 atom stereocenters. The highest BCUT2D eigenvalue weighted by atomic mass is 32.1. The quantitative estimate of drug-likeness (QED) is 0.798. The van der Waals surface area contributed by atoms with Gasteiger partial charge in [0, 0.05) is 6.54 Å². The van der Waals surface area contributed by atoms with Gasteiger partial charge in [0.25, 0.3) is 0 Å². The Morgan fingerprint density at radius 2 is 2.24 bits per heavy atom. The van der Waals surface area contributed by atoms with Crippen LogP contribution in [0.4, 0.5) is 11.4 Å². The van der Waals surface area contributed by atoms with Crippen LogP contribution < -0.4 is 15.8 Å². The molecule has 0 aliphatic carbocycles. The molecule has 3 N–H and O–H groups in total. The SMILES string of the molecule is CCOc1cccc(NCc2ccsc2)c1N. The van der Waals surface area contributed by atoms with Crippen LogP contribution in [0.2, 0.25) is 0 Å². The normalized spacial score (nSPS) is 10.2. The molecule has 17 heavy (non-hydrogen) atoms. The third kappa shape index (κ3) is 2.91. The standard InChI is InChI=1S/C13H16N2OS/c1-2-16-12-5-3-4-11(13(12)14)15-8-10-6-7-17-9-10/h3-7,9,15H,2,8,14H2,1H3. The van der Waals surface area contributed by atoms with E-state index in [4.69, 9.17) is 10.5 Å². The Balaban J connectivity index is 2.07. The van der Waals surface area contributed by atoms with Gasteiger partial charge >= 0.3 is 0 Å². The van der Waals surface area contributed by atoms with E-state index in [9.17, 15) is 0 Å². The number of nitrogen functional groups attached to an aromatic ring is 1. The van der Waals surface area contributed by atoms with Crippen LogP contribution in [0.5, 0.6) is 5.75 Å². The molecule has 0 aliphatic rings. The summed E-state index contributed by atoms with van der Waals surface area (Å²) in [6, 6.07) is 7.89. The minimum absolute atomic E-state index is 0.623. The van der Waals surface area contributed by atoms with E-state index < -0.39 is 0 Å². The molecule has 4 heteroatoms. The van der Waals surface area contributed by atoms with E-state index in [2.05, 4.69) is 22.1 Å². The Morgan fingerprint density at radius 3 is 2.94 bits per heavy atom. The van der Waals surface area contributed by atoms with Crippen LogP contribution >= 0.6 is 11.3 Å². The molecule has 2 aromatic rings. The molecule has 3 nitrogen and oxygen atoms in total. The molecule has 0 saturated heterocycles. The zero-order valence-electron chi connectivity index (χ0n) is 9.77. The Kier molecular flexibility index (Phi) is 3.88. The van der Waals surface area contributed by atoms with Gasteiger partial charge < -0.3 is 15.8 Å². The van der Waals surface area contributed by atoms with Crippen molar-refractivity contribution in [2.75, 3.05) is 17.7 Å². The summed E-state index contributed by atoms with van der Waals surface area (Å²) in [6.45, 7) is 3.35. The molecule has 90 valence electrons. The van der Waals surface area contributed by atoms with Crippen molar-refractivity contribution in [2.45, 2.75) is 13.5 Å². The molecule has 0 fully saturated rings. The largest absolute Gasteiger partial charge is 0.492 e. The highest BCUT2D eigenvalue weighted by Gasteiger charge is 2.05. The van der Waals surface area contributed by atoms with Gasteiger partial charge in [-0.2, -0.15) is 11.3 Å². The van der Waals surface area contributed by atoms with Crippen LogP contribution in [0, 0.1) is 0 Å². The fraction of sp³-hybridized carbons (Fsp3) is 0.231. The maximum Gasteiger partial charge on any atom is 0.144 e. The minimum Gasteiger partial charge on any atom is -0.492 e. The van der Waals surface area contributed by atoms with E-state index in [1.54, 1.807) is 11.3 Å². The van der Waals surface area contributed by atoms with Crippen molar-refractivity contribution in [2.24, 2.45) is 0 Å². The highest BCUT2D eigenvalue weighted by molar-refractivity contribution is 7.07. The van der Waals surface area contributed by atoms with E-state index in [0.29, 0.717) is 12.3 Å². The van der Waals surface area contributed by atoms with Crippen LogP contribution in [0.1, 0.15) is 12.5 Å². The molecule has 1 aromatic carbocycles. The minimum atomic E-state index is 0.623. The summed E-state index contributed by atoms with van der Waals surface area (Å²) in [5.41, 5.74) is 8.87. The molecule has 1 heterocycles. The molecule has 2 rings (SSSR count). The second-order valence-corrected chi connectivity index (χ2v) is 4.42. The van der Waals surface area contributed by atoms with Crippen molar-refractivity contribution in [3.63, 3.8) is 0 Å². The number of thiophene rings is 1. The van der Waals surface area contributed by atoms with Gasteiger partial charge in [-0.05, 0) is 41.4 Å². The maximum atomic E-state index is 6.02. The third-order valence-electron chi connectivity index (χ3n) is 2.43. The molecule has 0 spiro atoms. The van der Waals surface area contributed by atoms with Crippen molar-refractivity contribution >= 4 is 22.7 Å². The first-order valence-corrected chi connectivity index (χ1v) is 6.51. The van der Waals surface area contributed by atoms with Crippen molar-refractivity contribution < 1.29 is 4.74 Å². The number of hydrogen-bond acceptors (Lipinski definition) is 4. The lowest BCUT2D eigenvalue weighted by molar-refractivity contribution is 0.342. The second kappa shape index (κ2) is 5.59. The van der Waals surface area contributed by atoms with E-state index in [-0.39, 0.29) is 0 Å². The second-order valence-electron chi connectivity index (χ2n) is 3.64. The summed E-state index contributed by atoms with van der Waals surface area (Å²) in [4.78, 5) is 0. The van der Waals surface area contributed by atoms with Gasteiger partial charge in [0.05, 0.1) is 18.0 Å². The van der Waals surface area contributed by atoms with Crippen LogP contribution in [0.3, 0.4) is 0 Å². The van der Waals surface area contributed by atoms with Gasteiger partial charge in [0.2, 0.25) is 0 Å². The van der Waals surface area contributed by atoms with Gasteiger partial charge in [-0.25, -0.2) is 0 Å². The number of benzene rings is 1. The van der Waals surface area contributed by atoms with Crippen molar-refractivity contribution in [1.82, 2.24) is 0 Å². The Hall–Kier alpha value is -1.68. The summed E-state index contributed by atoms with van der Waals surface area (Å²) < 4.78 is 5.45. The molecule has 0 radical (unpaired) electrons. The van der Waals surface area contributed by atoms with Crippen LogP contribution in [0.15, 0.2) is 35.0 Å². The van der Waals surface area contributed by atoms with Gasteiger partial charge in [-0.1, -0.05) is 6.07 Å². The Labute approximate surface area is 105 Å². The van der Waals surface area contributed by atoms with E-state index in [0.717, 1.165) is 18.0 Å². The molecular formula is C13H16N2OS. The van der Waals surface area contributed by atoms with Crippen molar-refractivity contribution in [3.8, 4) is 5.75 Å². The predicted octanol–water partition coefficient (Wildman–Crippen LogP) is 3.34. The first-order chi connectivity index (χ1) is 8.31. The lowest BCUT2D eigenvalue weighted by Gasteiger charge is -2.12. The molecule has 0 amide bonds. The topological polar surface area (TPSA) is 47.3 Å². The highest BCUT2D eigenvalue weighted by Crippen LogP contribution is 2.29. The zero-order chi connectivity index (χ0) is 12.1. The lowest BCUT2D eigenvalue weighted by atomic mass is 10.2. The van der Waals surface area contributed by atoms with Crippen LogP contribution in [-0.2, 0) is 6.54 Å². The maximum absolute atomic E-state index is 6.02. The number of ether oxygens (including phenoxy) is 1. The number of rotatable bonds is 5. The van der Waals surface area contributed by atoms with Gasteiger partial charge in [-0.3, -0.25) is 0 Å². The number of nitrogens with two attached hydrogens (primary N) is 1. The van der Waals surface area contributed by atoms with Crippen molar-refractivity contribution in [3.05, 3.63) is 40.6 Å². The fourth-order valence-electron chi connectivity index (χ4n) is 1.57. The molecule has 1 aromatic heterocycles. The van der Waals surface area contributed by atoms with Gasteiger partial charge in [-0.15, -0.1) is 0 Å². The fourth-order valence-corrected chi connectivity index (χ4v) is 2.24. The van der Waals surface area contributed by atoms with Crippen LogP contribution in [-0.4, -0.2) is 6.61 Å². The number of para-hydroxylation sites is 1. The Bertz CT molecular complexity index is 468. The van der Waals surface area contributed by atoms with Gasteiger partial charge in [0.1, 0.15) is 5.75 Å². The summed E-state index contributed by atoms with van der Waals surface area (Å²) in [5.74, 6) is 0.739. The number of hydrogen-bond donors (Lipinski definition) is 2. The summed E-state index contributed by atoms with van der Waals surface area (Å²) in [5, 5.41) is 7.50. The summed E-state index contributed by atoms with van der Waals surface area (Å²) >= 11 is 1.69. The molecule has 0 saturated carbocycles. The van der Waals surface area contributed by atoms with E-state index >= 15 is 0 Å². The van der Waals surface area contributed by atoms with E-state index in [1.165, 1.54) is 5.56 Å². The summed E-state index contributed by atoms with van der Waals surface area (Å²) in [6.07, 6.45) is 0. The van der Waals surface area contributed by atoms with Gasteiger partial charge in [0.15, 0.2) is 0 Å². The van der Waals surface area contributed by atoms with Crippen molar-refractivity contribution in [1.29, 1.82) is 0 Å². The first-order valence-electron chi connectivity index (χ1n) is 5.57. The summed E-state index contributed by atoms with van der Waals surface area (Å²) in [7, 11) is 0.